The molecule has 1 unspecified atom stereocenters. The molecule has 2 heterocycles. The van der Waals surface area contributed by atoms with Crippen molar-refractivity contribution in [1.82, 2.24) is 10.6 Å². The molecule has 148 valence electrons. The predicted octanol–water partition coefficient (Wildman–Crippen LogP) is 2.65. The standard InChI is InChI=1S/C19H33N3O3S/c1-5-20-17(21-13-18(4,23)16-8-7-15(3)25-16)22-14-19(26-6-2)9-11-24-12-10-19/h7-8,23H,5-6,9-14H2,1-4H3,(H2,20,21,22). The molecule has 0 radical (unpaired) electrons. The van der Waals surface area contributed by atoms with E-state index in [9.17, 15) is 5.11 Å². The van der Waals surface area contributed by atoms with E-state index < -0.39 is 5.60 Å². The SMILES string of the molecule is CCNC(=NCC(C)(O)c1ccc(C)o1)NCC1(SCC)CCOCC1. The smallest absolute Gasteiger partial charge is 0.191 e. The summed E-state index contributed by atoms with van der Waals surface area (Å²) in [5.74, 6) is 3.13. The summed E-state index contributed by atoms with van der Waals surface area (Å²) >= 11 is 1.99. The summed E-state index contributed by atoms with van der Waals surface area (Å²) in [6.45, 7) is 11.3. The summed E-state index contributed by atoms with van der Waals surface area (Å²) < 4.78 is 11.3. The molecule has 1 aromatic rings. The summed E-state index contributed by atoms with van der Waals surface area (Å²) in [6.07, 6.45) is 2.09. The molecule has 26 heavy (non-hydrogen) atoms. The number of hydrogen-bond donors (Lipinski definition) is 3. The Morgan fingerprint density at radius 2 is 2.04 bits per heavy atom. The van der Waals surface area contributed by atoms with Crippen LogP contribution in [0.4, 0.5) is 0 Å². The Morgan fingerprint density at radius 1 is 1.31 bits per heavy atom. The van der Waals surface area contributed by atoms with Gasteiger partial charge in [0.25, 0.3) is 0 Å². The van der Waals surface area contributed by atoms with E-state index in [-0.39, 0.29) is 11.3 Å². The maximum absolute atomic E-state index is 10.7. The van der Waals surface area contributed by atoms with E-state index in [0.717, 1.165) is 56.6 Å². The van der Waals surface area contributed by atoms with Crippen LogP contribution in [0.1, 0.15) is 45.1 Å². The lowest BCUT2D eigenvalue weighted by Crippen LogP contribution is -2.48. The minimum Gasteiger partial charge on any atom is -0.463 e. The van der Waals surface area contributed by atoms with E-state index in [4.69, 9.17) is 9.15 Å². The van der Waals surface area contributed by atoms with Gasteiger partial charge in [-0.2, -0.15) is 11.8 Å². The van der Waals surface area contributed by atoms with Gasteiger partial charge in [0.2, 0.25) is 0 Å². The zero-order chi connectivity index (χ0) is 19.0. The van der Waals surface area contributed by atoms with E-state index in [1.165, 1.54) is 0 Å². The van der Waals surface area contributed by atoms with Gasteiger partial charge < -0.3 is 24.9 Å². The Morgan fingerprint density at radius 3 is 2.62 bits per heavy atom. The second-order valence-electron chi connectivity index (χ2n) is 6.96. The molecule has 1 aliphatic rings. The van der Waals surface area contributed by atoms with Crippen LogP contribution in [-0.2, 0) is 10.3 Å². The average molecular weight is 384 g/mol. The Balaban J connectivity index is 2.01. The molecule has 3 N–H and O–H groups in total. The maximum Gasteiger partial charge on any atom is 0.191 e. The Bertz CT molecular complexity index is 575. The normalized spacial score (nSPS) is 19.8. The molecule has 0 aromatic carbocycles. The van der Waals surface area contributed by atoms with Gasteiger partial charge in [-0.25, -0.2) is 4.99 Å². The predicted molar refractivity (Wildman–Crippen MR) is 108 cm³/mol. The molecule has 1 saturated heterocycles. The lowest BCUT2D eigenvalue weighted by atomic mass is 9.99. The molecule has 1 fully saturated rings. The molecule has 0 amide bonds. The summed E-state index contributed by atoms with van der Waals surface area (Å²) in [5, 5.41) is 17.4. The number of hydrogen-bond acceptors (Lipinski definition) is 5. The third-order valence-electron chi connectivity index (χ3n) is 4.59. The maximum atomic E-state index is 10.7. The van der Waals surface area contributed by atoms with Gasteiger partial charge in [0.05, 0.1) is 6.54 Å². The van der Waals surface area contributed by atoms with Crippen LogP contribution in [0.15, 0.2) is 21.5 Å². The van der Waals surface area contributed by atoms with Crippen LogP contribution in [0.2, 0.25) is 0 Å². The van der Waals surface area contributed by atoms with Gasteiger partial charge in [0.1, 0.15) is 17.1 Å². The largest absolute Gasteiger partial charge is 0.463 e. The molecular formula is C19H33N3O3S. The number of aliphatic hydroxyl groups is 1. The van der Waals surface area contributed by atoms with E-state index in [2.05, 4.69) is 22.5 Å². The Labute approximate surface area is 161 Å². The van der Waals surface area contributed by atoms with Crippen LogP contribution in [-0.4, -0.2) is 54.4 Å². The second kappa shape index (κ2) is 9.67. The lowest BCUT2D eigenvalue weighted by Gasteiger charge is -2.37. The number of aryl methyl sites for hydroxylation is 1. The van der Waals surface area contributed by atoms with Crippen molar-refractivity contribution in [3.63, 3.8) is 0 Å². The molecule has 6 nitrogen and oxygen atoms in total. The number of rotatable bonds is 8. The van der Waals surface area contributed by atoms with E-state index in [1.807, 2.05) is 31.7 Å². The molecule has 0 spiro atoms. The van der Waals surface area contributed by atoms with Crippen LogP contribution in [0.3, 0.4) is 0 Å². The summed E-state index contributed by atoms with van der Waals surface area (Å²) in [4.78, 5) is 4.59. The highest BCUT2D eigenvalue weighted by molar-refractivity contribution is 8.00. The third-order valence-corrected chi connectivity index (χ3v) is 6.05. The molecule has 0 bridgehead atoms. The topological polar surface area (TPSA) is 79.0 Å². The van der Waals surface area contributed by atoms with Crippen molar-refractivity contribution in [1.29, 1.82) is 0 Å². The quantitative estimate of drug-likeness (QED) is 0.473. The number of aliphatic imine (C=N–C) groups is 1. The number of thioether (sulfide) groups is 1. The highest BCUT2D eigenvalue weighted by Crippen LogP contribution is 2.34. The van der Waals surface area contributed by atoms with Crippen LogP contribution >= 0.6 is 11.8 Å². The van der Waals surface area contributed by atoms with Crippen molar-refractivity contribution >= 4 is 17.7 Å². The minimum atomic E-state index is -1.13. The fourth-order valence-electron chi connectivity index (χ4n) is 3.04. The first-order chi connectivity index (χ1) is 12.4. The van der Waals surface area contributed by atoms with Crippen molar-refractivity contribution in [3.8, 4) is 0 Å². The number of guanidine groups is 1. The van der Waals surface area contributed by atoms with Crippen LogP contribution < -0.4 is 10.6 Å². The molecule has 1 aliphatic heterocycles. The van der Waals surface area contributed by atoms with Crippen molar-refractivity contribution in [3.05, 3.63) is 23.7 Å². The summed E-state index contributed by atoms with van der Waals surface area (Å²) in [6, 6.07) is 3.66. The zero-order valence-corrected chi connectivity index (χ0v) is 17.2. The van der Waals surface area contributed by atoms with Gasteiger partial charge in [-0.15, -0.1) is 0 Å². The molecule has 7 heteroatoms. The van der Waals surface area contributed by atoms with Crippen LogP contribution in [0.25, 0.3) is 0 Å². The fourth-order valence-corrected chi connectivity index (χ4v) is 4.29. The molecular weight excluding hydrogens is 350 g/mol. The van der Waals surface area contributed by atoms with Gasteiger partial charge >= 0.3 is 0 Å². The van der Waals surface area contributed by atoms with Gasteiger partial charge in [0, 0.05) is 31.1 Å². The average Bonchev–Trinajstić information content (AvgIpc) is 3.06. The minimum absolute atomic E-state index is 0.184. The van der Waals surface area contributed by atoms with E-state index in [0.29, 0.717) is 5.76 Å². The highest BCUT2D eigenvalue weighted by Gasteiger charge is 2.33. The van der Waals surface area contributed by atoms with Gasteiger partial charge in [-0.3, -0.25) is 0 Å². The number of nitrogens with zero attached hydrogens (tertiary/aromatic N) is 1. The van der Waals surface area contributed by atoms with Gasteiger partial charge in [-0.05, 0) is 51.5 Å². The monoisotopic (exact) mass is 383 g/mol. The molecule has 1 atom stereocenters. The third kappa shape index (κ3) is 5.93. The number of ether oxygens (including phenoxy) is 1. The highest BCUT2D eigenvalue weighted by atomic mass is 32.2. The van der Waals surface area contributed by atoms with Crippen molar-refractivity contribution < 1.29 is 14.3 Å². The zero-order valence-electron chi connectivity index (χ0n) is 16.4. The summed E-state index contributed by atoms with van der Waals surface area (Å²) in [5.41, 5.74) is -1.13. The van der Waals surface area contributed by atoms with Crippen LogP contribution in [0, 0.1) is 6.92 Å². The first-order valence-electron chi connectivity index (χ1n) is 9.44. The molecule has 1 aromatic heterocycles. The van der Waals surface area contributed by atoms with Crippen molar-refractivity contribution in [2.75, 3.05) is 38.6 Å². The summed E-state index contributed by atoms with van der Waals surface area (Å²) in [7, 11) is 0. The Hall–Kier alpha value is -1.18. The van der Waals surface area contributed by atoms with Crippen LogP contribution in [0.5, 0.6) is 0 Å². The van der Waals surface area contributed by atoms with E-state index in [1.54, 1.807) is 13.0 Å². The van der Waals surface area contributed by atoms with E-state index >= 15 is 0 Å². The van der Waals surface area contributed by atoms with Crippen molar-refractivity contribution in [2.24, 2.45) is 4.99 Å². The first-order valence-corrected chi connectivity index (χ1v) is 10.4. The molecule has 0 saturated carbocycles. The number of nitrogens with one attached hydrogen (secondary N) is 2. The Kier molecular flexibility index (Phi) is 7.85. The first kappa shape index (κ1) is 21.1. The fraction of sp³-hybridized carbons (Fsp3) is 0.737. The number of furan rings is 1. The van der Waals surface area contributed by atoms with Gasteiger partial charge in [0.15, 0.2) is 5.96 Å². The lowest BCUT2D eigenvalue weighted by molar-refractivity contribution is 0.0428. The molecule has 0 aliphatic carbocycles. The molecule has 2 rings (SSSR count). The van der Waals surface area contributed by atoms with Crippen molar-refractivity contribution in [2.45, 2.75) is 50.9 Å². The van der Waals surface area contributed by atoms with Gasteiger partial charge in [-0.1, -0.05) is 6.92 Å². The second-order valence-corrected chi connectivity index (χ2v) is 8.69.